The molecule has 1 aromatic heterocycles. The Hall–Kier alpha value is -1.64. The number of rotatable bonds is 6. The summed E-state index contributed by atoms with van der Waals surface area (Å²) in [4.78, 5) is 26.9. The van der Waals surface area contributed by atoms with Gasteiger partial charge in [-0.1, -0.05) is 43.6 Å². The van der Waals surface area contributed by atoms with Crippen molar-refractivity contribution in [2.75, 3.05) is 24.7 Å². The quantitative estimate of drug-likeness (QED) is 0.639. The standard InChI is InChI=1S/C19H22ClNO5S2/c1-12(2)9-21(13-7-8-28(24,25)11-13)16(22)10-26-19(23)18-17(20)14-5-3-4-6-15(14)27-18/h3-6,12-13H,7-11H2,1-2H3. The minimum atomic E-state index is -3.12. The highest BCUT2D eigenvalue weighted by Crippen LogP contribution is 2.35. The maximum atomic E-state index is 12.7. The lowest BCUT2D eigenvalue weighted by molar-refractivity contribution is -0.137. The molecule has 1 saturated heterocycles. The van der Waals surface area contributed by atoms with Crippen LogP contribution >= 0.6 is 22.9 Å². The van der Waals surface area contributed by atoms with Crippen molar-refractivity contribution in [1.82, 2.24) is 4.90 Å². The molecule has 3 rings (SSSR count). The Balaban J connectivity index is 1.69. The Morgan fingerprint density at radius 2 is 2.04 bits per heavy atom. The van der Waals surface area contributed by atoms with Crippen LogP contribution in [0.2, 0.25) is 5.02 Å². The highest BCUT2D eigenvalue weighted by molar-refractivity contribution is 7.91. The molecule has 2 aromatic rings. The lowest BCUT2D eigenvalue weighted by atomic mass is 10.1. The summed E-state index contributed by atoms with van der Waals surface area (Å²) in [7, 11) is -3.12. The monoisotopic (exact) mass is 443 g/mol. The van der Waals surface area contributed by atoms with E-state index in [2.05, 4.69) is 0 Å². The van der Waals surface area contributed by atoms with Gasteiger partial charge in [0.05, 0.1) is 16.5 Å². The van der Waals surface area contributed by atoms with Crippen molar-refractivity contribution in [3.63, 3.8) is 0 Å². The lowest BCUT2D eigenvalue weighted by Gasteiger charge is -2.29. The molecule has 0 N–H and O–H groups in total. The van der Waals surface area contributed by atoms with E-state index in [0.717, 1.165) is 10.1 Å². The van der Waals surface area contributed by atoms with E-state index in [4.69, 9.17) is 16.3 Å². The number of benzene rings is 1. The first-order valence-electron chi connectivity index (χ1n) is 9.02. The van der Waals surface area contributed by atoms with Gasteiger partial charge in [-0.2, -0.15) is 0 Å². The van der Waals surface area contributed by atoms with Crippen molar-refractivity contribution < 1.29 is 22.7 Å². The van der Waals surface area contributed by atoms with Crippen LogP contribution in [0, 0.1) is 5.92 Å². The van der Waals surface area contributed by atoms with Gasteiger partial charge in [0.25, 0.3) is 5.91 Å². The third-order valence-electron chi connectivity index (χ3n) is 4.58. The average Bonchev–Trinajstić information content (AvgIpc) is 3.17. The molecule has 1 unspecified atom stereocenters. The van der Waals surface area contributed by atoms with E-state index >= 15 is 0 Å². The minimum absolute atomic E-state index is 0.0401. The number of esters is 1. The van der Waals surface area contributed by atoms with Gasteiger partial charge in [-0.3, -0.25) is 4.79 Å². The van der Waals surface area contributed by atoms with Crippen molar-refractivity contribution in [3.8, 4) is 0 Å². The van der Waals surface area contributed by atoms with Gasteiger partial charge in [-0.05, 0) is 18.4 Å². The number of fused-ring (bicyclic) bond motifs is 1. The molecule has 9 heteroatoms. The second-order valence-electron chi connectivity index (χ2n) is 7.31. The molecule has 1 aliphatic rings. The van der Waals surface area contributed by atoms with Gasteiger partial charge in [0, 0.05) is 22.7 Å². The maximum Gasteiger partial charge on any atom is 0.350 e. The van der Waals surface area contributed by atoms with Crippen LogP contribution < -0.4 is 0 Å². The van der Waals surface area contributed by atoms with E-state index < -0.39 is 22.4 Å². The molecule has 1 aromatic carbocycles. The Bertz CT molecular complexity index is 999. The lowest BCUT2D eigenvalue weighted by Crippen LogP contribution is -2.45. The summed E-state index contributed by atoms with van der Waals surface area (Å²) in [5.74, 6) is -0.831. The number of nitrogens with zero attached hydrogens (tertiary/aromatic N) is 1. The topological polar surface area (TPSA) is 80.8 Å². The molecular weight excluding hydrogens is 422 g/mol. The molecule has 6 nitrogen and oxygen atoms in total. The number of thiophene rings is 1. The molecule has 0 bridgehead atoms. The van der Waals surface area contributed by atoms with Crippen LogP contribution in [-0.2, 0) is 19.4 Å². The van der Waals surface area contributed by atoms with Crippen LogP contribution in [0.25, 0.3) is 10.1 Å². The predicted octanol–water partition coefficient (Wildman–Crippen LogP) is 3.38. The zero-order valence-corrected chi connectivity index (χ0v) is 18.1. The number of carbonyl (C=O) groups is 2. The molecule has 28 heavy (non-hydrogen) atoms. The zero-order valence-electron chi connectivity index (χ0n) is 15.7. The zero-order chi connectivity index (χ0) is 20.5. The highest BCUT2D eigenvalue weighted by Gasteiger charge is 2.35. The number of halogens is 1. The molecule has 0 aliphatic carbocycles. The van der Waals surface area contributed by atoms with Gasteiger partial charge < -0.3 is 9.64 Å². The summed E-state index contributed by atoms with van der Waals surface area (Å²) < 4.78 is 29.7. The van der Waals surface area contributed by atoms with E-state index in [-0.39, 0.29) is 34.2 Å². The summed E-state index contributed by atoms with van der Waals surface area (Å²) in [6.45, 7) is 3.88. The van der Waals surface area contributed by atoms with Gasteiger partial charge in [0.15, 0.2) is 16.4 Å². The smallest absolute Gasteiger partial charge is 0.350 e. The van der Waals surface area contributed by atoms with E-state index in [9.17, 15) is 18.0 Å². The van der Waals surface area contributed by atoms with Crippen molar-refractivity contribution in [2.45, 2.75) is 26.3 Å². The van der Waals surface area contributed by atoms with Crippen molar-refractivity contribution in [3.05, 3.63) is 34.2 Å². The van der Waals surface area contributed by atoms with Crippen molar-refractivity contribution in [2.24, 2.45) is 5.92 Å². The fraction of sp³-hybridized carbons (Fsp3) is 0.474. The third kappa shape index (κ3) is 4.67. The first kappa shape index (κ1) is 21.1. The molecule has 0 saturated carbocycles. The summed E-state index contributed by atoms with van der Waals surface area (Å²) >= 11 is 7.50. The van der Waals surface area contributed by atoms with Crippen LogP contribution in [0.4, 0.5) is 0 Å². The Morgan fingerprint density at radius 3 is 2.64 bits per heavy atom. The van der Waals surface area contributed by atoms with Gasteiger partial charge in [0.1, 0.15) is 4.88 Å². The fourth-order valence-electron chi connectivity index (χ4n) is 3.29. The molecular formula is C19H22ClNO5S2. The van der Waals surface area contributed by atoms with Crippen molar-refractivity contribution in [1.29, 1.82) is 0 Å². The maximum absolute atomic E-state index is 12.7. The van der Waals surface area contributed by atoms with E-state index in [1.165, 1.54) is 16.2 Å². The van der Waals surface area contributed by atoms with E-state index in [0.29, 0.717) is 18.0 Å². The van der Waals surface area contributed by atoms with Gasteiger partial charge in [0.2, 0.25) is 0 Å². The highest BCUT2D eigenvalue weighted by atomic mass is 35.5. The second kappa shape index (κ2) is 8.39. The number of amides is 1. The molecule has 152 valence electrons. The number of sulfone groups is 1. The Labute approximate surface area is 173 Å². The predicted molar refractivity (Wildman–Crippen MR) is 111 cm³/mol. The van der Waals surface area contributed by atoms with Crippen LogP contribution in [0.15, 0.2) is 24.3 Å². The number of hydrogen-bond donors (Lipinski definition) is 0. The Morgan fingerprint density at radius 1 is 1.32 bits per heavy atom. The molecule has 1 amide bonds. The summed E-state index contributed by atoms with van der Waals surface area (Å²) in [6.07, 6.45) is 0.414. The third-order valence-corrected chi connectivity index (χ3v) is 7.98. The van der Waals surface area contributed by atoms with Crippen LogP contribution in [-0.4, -0.2) is 55.9 Å². The Kier molecular flexibility index (Phi) is 6.31. The van der Waals surface area contributed by atoms with Gasteiger partial charge >= 0.3 is 5.97 Å². The number of hydrogen-bond acceptors (Lipinski definition) is 6. The first-order chi connectivity index (χ1) is 13.2. The summed E-state index contributed by atoms with van der Waals surface area (Å²) in [5.41, 5.74) is 0. The first-order valence-corrected chi connectivity index (χ1v) is 12.0. The van der Waals surface area contributed by atoms with Crippen LogP contribution in [0.1, 0.15) is 29.9 Å². The minimum Gasteiger partial charge on any atom is -0.451 e. The van der Waals surface area contributed by atoms with Crippen molar-refractivity contribution >= 4 is 54.7 Å². The fourth-order valence-corrected chi connectivity index (χ4v) is 6.42. The van der Waals surface area contributed by atoms with E-state index in [1.807, 2.05) is 38.1 Å². The molecule has 2 heterocycles. The van der Waals surface area contributed by atoms with Crippen LogP contribution in [0.3, 0.4) is 0 Å². The molecule has 0 spiro atoms. The number of ether oxygens (including phenoxy) is 1. The normalized spacial score (nSPS) is 18.5. The SMILES string of the molecule is CC(C)CN(C(=O)COC(=O)c1sc2ccccc2c1Cl)C1CCS(=O)(=O)C1. The average molecular weight is 444 g/mol. The molecule has 1 aliphatic heterocycles. The second-order valence-corrected chi connectivity index (χ2v) is 11.0. The summed E-state index contributed by atoms with van der Waals surface area (Å²) in [5, 5.41) is 1.09. The van der Waals surface area contributed by atoms with Gasteiger partial charge in [-0.15, -0.1) is 11.3 Å². The van der Waals surface area contributed by atoms with Crippen LogP contribution in [0.5, 0.6) is 0 Å². The largest absolute Gasteiger partial charge is 0.451 e. The molecule has 1 fully saturated rings. The van der Waals surface area contributed by atoms with Gasteiger partial charge in [-0.25, -0.2) is 13.2 Å². The number of carbonyl (C=O) groups excluding carboxylic acids is 2. The molecule has 0 radical (unpaired) electrons. The summed E-state index contributed by atoms with van der Waals surface area (Å²) in [6, 6.07) is 7.00. The molecule has 1 atom stereocenters. The van der Waals surface area contributed by atoms with E-state index in [1.54, 1.807) is 0 Å².